The first-order chi connectivity index (χ1) is 12.3. The van der Waals surface area contributed by atoms with Crippen LogP contribution in [0.1, 0.15) is 34.6 Å². The molecule has 1 saturated heterocycles. The Hall–Kier alpha value is -2.48. The zero-order valence-electron chi connectivity index (χ0n) is 14.1. The van der Waals surface area contributed by atoms with Gasteiger partial charge in [-0.3, -0.25) is 9.89 Å². The smallest absolute Gasteiger partial charge is 0.271 e. The van der Waals surface area contributed by atoms with Gasteiger partial charge >= 0.3 is 0 Å². The molecule has 2 aliphatic rings. The van der Waals surface area contributed by atoms with E-state index in [1.165, 1.54) is 0 Å². The van der Waals surface area contributed by atoms with Crippen LogP contribution >= 0.6 is 0 Å². The summed E-state index contributed by atoms with van der Waals surface area (Å²) in [6.45, 7) is 2.90. The number of carbonyl (C=O) groups is 1. The molecule has 1 fully saturated rings. The normalized spacial score (nSPS) is 20.2. The summed E-state index contributed by atoms with van der Waals surface area (Å²) >= 11 is 0. The molecular formula is C17H22N6O2. The molecule has 0 bridgehead atoms. The van der Waals surface area contributed by atoms with E-state index >= 15 is 0 Å². The third kappa shape index (κ3) is 3.48. The maximum Gasteiger partial charge on any atom is 0.271 e. The standard InChI is InChI=1S/C17H22N6O2/c24-17(15-3-6-21-22-15)23-7-4-13-14(5-8-23)19-11-20-16(13)18-10-12-2-1-9-25-12/h3,6,11-12H,1-2,4-5,7-10H2,(H,21,22)(H,18,19,20)/t12-/m1/s1. The first kappa shape index (κ1) is 16.0. The van der Waals surface area contributed by atoms with Gasteiger partial charge in [-0.15, -0.1) is 0 Å². The van der Waals surface area contributed by atoms with E-state index in [1.807, 2.05) is 4.90 Å². The lowest BCUT2D eigenvalue weighted by Gasteiger charge is -2.19. The number of nitrogens with zero attached hydrogens (tertiary/aromatic N) is 4. The highest BCUT2D eigenvalue weighted by Crippen LogP contribution is 2.22. The Kier molecular flexibility index (Phi) is 4.60. The van der Waals surface area contributed by atoms with Crippen molar-refractivity contribution >= 4 is 11.7 Å². The summed E-state index contributed by atoms with van der Waals surface area (Å²) < 4.78 is 5.67. The molecule has 132 valence electrons. The molecule has 0 saturated carbocycles. The van der Waals surface area contributed by atoms with Crippen LogP contribution in [-0.2, 0) is 17.6 Å². The molecule has 25 heavy (non-hydrogen) atoms. The van der Waals surface area contributed by atoms with Crippen LogP contribution in [0.4, 0.5) is 5.82 Å². The summed E-state index contributed by atoms with van der Waals surface area (Å²) in [5.41, 5.74) is 2.65. The number of anilines is 1. The number of amides is 1. The second kappa shape index (κ2) is 7.18. The number of ether oxygens (including phenoxy) is 1. The number of hydrogen-bond donors (Lipinski definition) is 2. The average Bonchev–Trinajstić information content (AvgIpc) is 3.30. The van der Waals surface area contributed by atoms with Gasteiger partial charge in [0.15, 0.2) is 0 Å². The molecule has 1 atom stereocenters. The van der Waals surface area contributed by atoms with E-state index in [4.69, 9.17) is 4.74 Å². The highest BCUT2D eigenvalue weighted by atomic mass is 16.5. The van der Waals surface area contributed by atoms with Crippen LogP contribution in [0.3, 0.4) is 0 Å². The molecule has 1 amide bonds. The van der Waals surface area contributed by atoms with Gasteiger partial charge in [-0.2, -0.15) is 5.10 Å². The molecule has 4 rings (SSSR count). The molecule has 2 N–H and O–H groups in total. The molecule has 4 heterocycles. The van der Waals surface area contributed by atoms with Gasteiger partial charge in [-0.1, -0.05) is 0 Å². The van der Waals surface area contributed by atoms with E-state index in [9.17, 15) is 4.79 Å². The number of H-pyrrole nitrogens is 1. The minimum Gasteiger partial charge on any atom is -0.376 e. The van der Waals surface area contributed by atoms with Crippen LogP contribution in [0.5, 0.6) is 0 Å². The van der Waals surface area contributed by atoms with Crippen molar-refractivity contribution in [1.82, 2.24) is 25.1 Å². The summed E-state index contributed by atoms with van der Waals surface area (Å²) in [4.78, 5) is 23.2. The maximum absolute atomic E-state index is 12.5. The topological polar surface area (TPSA) is 96.0 Å². The molecule has 0 aliphatic carbocycles. The van der Waals surface area contributed by atoms with Gasteiger partial charge in [-0.25, -0.2) is 9.97 Å². The third-order valence-electron chi connectivity index (χ3n) is 4.82. The first-order valence-corrected chi connectivity index (χ1v) is 8.78. The lowest BCUT2D eigenvalue weighted by molar-refractivity contribution is 0.0757. The second-order valence-electron chi connectivity index (χ2n) is 6.43. The SMILES string of the molecule is O=C(c1ccn[nH]1)N1CCc2ncnc(NC[C@H]3CCCO3)c2CC1. The number of aromatic amines is 1. The van der Waals surface area contributed by atoms with Crippen molar-refractivity contribution in [2.45, 2.75) is 31.8 Å². The first-order valence-electron chi connectivity index (χ1n) is 8.78. The number of hydrogen-bond acceptors (Lipinski definition) is 6. The zero-order chi connectivity index (χ0) is 17.1. The molecule has 2 aromatic heterocycles. The van der Waals surface area contributed by atoms with Crippen molar-refractivity contribution < 1.29 is 9.53 Å². The van der Waals surface area contributed by atoms with E-state index in [-0.39, 0.29) is 12.0 Å². The fourth-order valence-corrected chi connectivity index (χ4v) is 3.44. The van der Waals surface area contributed by atoms with Crippen molar-refractivity contribution in [3.8, 4) is 0 Å². The van der Waals surface area contributed by atoms with E-state index in [2.05, 4.69) is 25.5 Å². The van der Waals surface area contributed by atoms with Crippen molar-refractivity contribution in [2.75, 3.05) is 31.6 Å². The summed E-state index contributed by atoms with van der Waals surface area (Å²) in [6, 6.07) is 1.70. The van der Waals surface area contributed by atoms with Gasteiger partial charge in [0.25, 0.3) is 5.91 Å². The van der Waals surface area contributed by atoms with E-state index in [0.717, 1.165) is 55.9 Å². The van der Waals surface area contributed by atoms with Crippen molar-refractivity contribution in [3.63, 3.8) is 0 Å². The van der Waals surface area contributed by atoms with Crippen molar-refractivity contribution in [3.05, 3.63) is 35.5 Å². The van der Waals surface area contributed by atoms with Gasteiger partial charge < -0.3 is 15.0 Å². The number of carbonyl (C=O) groups excluding carboxylic acids is 1. The highest BCUT2D eigenvalue weighted by molar-refractivity contribution is 5.92. The molecular weight excluding hydrogens is 320 g/mol. The summed E-state index contributed by atoms with van der Waals surface area (Å²) in [5, 5.41) is 10.0. The number of rotatable bonds is 4. The predicted octanol–water partition coefficient (Wildman–Crippen LogP) is 1.03. The summed E-state index contributed by atoms with van der Waals surface area (Å²) in [5.74, 6) is 0.850. The van der Waals surface area contributed by atoms with Crippen LogP contribution in [-0.4, -0.2) is 63.3 Å². The Labute approximate surface area is 146 Å². The van der Waals surface area contributed by atoms with Gasteiger partial charge in [0.1, 0.15) is 17.8 Å². The molecule has 0 radical (unpaired) electrons. The Balaban J connectivity index is 1.45. The van der Waals surface area contributed by atoms with Crippen LogP contribution in [0, 0.1) is 0 Å². The lowest BCUT2D eigenvalue weighted by atomic mass is 10.1. The Bertz CT molecular complexity index is 727. The molecule has 8 heteroatoms. The van der Waals surface area contributed by atoms with Gasteiger partial charge in [-0.05, 0) is 25.3 Å². The maximum atomic E-state index is 12.5. The molecule has 2 aliphatic heterocycles. The van der Waals surface area contributed by atoms with Crippen molar-refractivity contribution in [1.29, 1.82) is 0 Å². The molecule has 8 nitrogen and oxygen atoms in total. The van der Waals surface area contributed by atoms with Gasteiger partial charge in [0.2, 0.25) is 0 Å². The lowest BCUT2D eigenvalue weighted by Crippen LogP contribution is -2.33. The Morgan fingerprint density at radius 2 is 2.28 bits per heavy atom. The molecule has 0 unspecified atom stereocenters. The number of aromatic nitrogens is 4. The van der Waals surface area contributed by atoms with Crippen LogP contribution in [0.25, 0.3) is 0 Å². The number of fused-ring (bicyclic) bond motifs is 1. The van der Waals surface area contributed by atoms with Crippen LogP contribution in [0.2, 0.25) is 0 Å². The second-order valence-corrected chi connectivity index (χ2v) is 6.43. The predicted molar refractivity (Wildman–Crippen MR) is 91.4 cm³/mol. The number of nitrogens with one attached hydrogen (secondary N) is 2. The summed E-state index contributed by atoms with van der Waals surface area (Å²) in [6.07, 6.45) is 7.14. The molecule has 2 aromatic rings. The van der Waals surface area contributed by atoms with Crippen molar-refractivity contribution in [2.24, 2.45) is 0 Å². The third-order valence-corrected chi connectivity index (χ3v) is 4.82. The van der Waals surface area contributed by atoms with E-state index < -0.39 is 0 Å². The molecule has 0 spiro atoms. The largest absolute Gasteiger partial charge is 0.376 e. The zero-order valence-corrected chi connectivity index (χ0v) is 14.1. The Morgan fingerprint density at radius 3 is 3.08 bits per heavy atom. The van der Waals surface area contributed by atoms with Crippen LogP contribution < -0.4 is 5.32 Å². The van der Waals surface area contributed by atoms with Crippen LogP contribution in [0.15, 0.2) is 18.6 Å². The van der Waals surface area contributed by atoms with E-state index in [0.29, 0.717) is 18.8 Å². The average molecular weight is 342 g/mol. The Morgan fingerprint density at radius 1 is 1.36 bits per heavy atom. The monoisotopic (exact) mass is 342 g/mol. The molecule has 0 aromatic carbocycles. The van der Waals surface area contributed by atoms with E-state index in [1.54, 1.807) is 18.6 Å². The van der Waals surface area contributed by atoms with Gasteiger partial charge in [0.05, 0.1) is 11.8 Å². The summed E-state index contributed by atoms with van der Waals surface area (Å²) in [7, 11) is 0. The highest BCUT2D eigenvalue weighted by Gasteiger charge is 2.24. The quantitative estimate of drug-likeness (QED) is 0.862. The fourth-order valence-electron chi connectivity index (χ4n) is 3.44. The van der Waals surface area contributed by atoms with Gasteiger partial charge in [0, 0.05) is 44.4 Å². The minimum atomic E-state index is -0.0212. The minimum absolute atomic E-state index is 0.0212. The fraction of sp³-hybridized carbons (Fsp3) is 0.529.